The van der Waals surface area contributed by atoms with Gasteiger partial charge in [0.1, 0.15) is 17.9 Å². The van der Waals surface area contributed by atoms with E-state index in [0.717, 1.165) is 14.2 Å². The predicted octanol–water partition coefficient (Wildman–Crippen LogP) is 0.0406. The maximum atomic E-state index is 13.1. The number of amides is 2. The fourth-order valence-electron chi connectivity index (χ4n) is 2.95. The molecule has 0 aliphatic carbocycles. The molecule has 1 rings (SSSR count). The average Bonchev–Trinajstić information content (AvgIpc) is 2.71. The lowest BCUT2D eigenvalue weighted by Crippen LogP contribution is -2.56. The molecule has 0 aromatic heterocycles. The molecule has 0 heterocycles. The Balaban J connectivity index is 3.12. The maximum Gasteiger partial charge on any atom is 0.326 e. The largest absolute Gasteiger partial charge is 0.480 e. The molecule has 1 aromatic rings. The van der Waals surface area contributed by atoms with Crippen molar-refractivity contribution in [3.05, 3.63) is 35.6 Å². The lowest BCUT2D eigenvalue weighted by atomic mass is 9.87. The third-order valence-corrected chi connectivity index (χ3v) is 4.57. The molecule has 0 aliphatic heterocycles. The van der Waals surface area contributed by atoms with Crippen LogP contribution in [0.3, 0.4) is 0 Å². The fraction of sp³-hybridized carbons (Fsp3) is 0.450. The molecule has 0 bridgehead atoms. The molecule has 1 aromatic carbocycles. The molecule has 0 saturated heterocycles. The van der Waals surface area contributed by atoms with Gasteiger partial charge in [-0.2, -0.15) is 0 Å². The van der Waals surface area contributed by atoms with Gasteiger partial charge in [-0.3, -0.25) is 19.2 Å². The summed E-state index contributed by atoms with van der Waals surface area (Å²) in [5, 5.41) is 14.2. The van der Waals surface area contributed by atoms with Crippen LogP contribution in [-0.2, 0) is 39.9 Å². The average molecular weight is 440 g/mol. The van der Waals surface area contributed by atoms with Gasteiger partial charge in [0.25, 0.3) is 0 Å². The van der Waals surface area contributed by atoms with E-state index in [1.165, 1.54) is 38.1 Å². The number of carboxylic acids is 1. The van der Waals surface area contributed by atoms with Crippen LogP contribution in [0.15, 0.2) is 24.3 Å². The van der Waals surface area contributed by atoms with E-state index >= 15 is 0 Å². The molecule has 3 atom stereocenters. The highest BCUT2D eigenvalue weighted by molar-refractivity contribution is 5.97. The number of carbonyl (C=O) groups is 5. The zero-order valence-corrected chi connectivity index (χ0v) is 17.5. The van der Waals surface area contributed by atoms with Crippen molar-refractivity contribution in [1.29, 1.82) is 0 Å². The Morgan fingerprint density at radius 1 is 1.00 bits per heavy atom. The van der Waals surface area contributed by atoms with Crippen LogP contribution in [0.25, 0.3) is 0 Å². The van der Waals surface area contributed by atoms with Crippen LogP contribution >= 0.6 is 0 Å². The zero-order chi connectivity index (χ0) is 23.7. The second-order valence-electron chi connectivity index (χ2n) is 6.79. The Bertz CT molecular complexity index is 811. The van der Waals surface area contributed by atoms with E-state index in [1.54, 1.807) is 0 Å². The number of hydrogen-bond donors (Lipinski definition) is 3. The van der Waals surface area contributed by atoms with E-state index in [2.05, 4.69) is 20.1 Å². The molecule has 10 nitrogen and oxygen atoms in total. The van der Waals surface area contributed by atoms with E-state index in [4.69, 9.17) is 0 Å². The van der Waals surface area contributed by atoms with Gasteiger partial charge in [-0.25, -0.2) is 9.18 Å². The number of ether oxygens (including phenoxy) is 2. The Hall–Kier alpha value is -3.50. The van der Waals surface area contributed by atoms with Crippen molar-refractivity contribution in [3.8, 4) is 0 Å². The molecule has 0 spiro atoms. The molecule has 0 saturated carbocycles. The number of carbonyl (C=O) groups excluding carboxylic acids is 4. The number of aliphatic carboxylic acids is 1. The van der Waals surface area contributed by atoms with Crippen molar-refractivity contribution >= 4 is 29.7 Å². The summed E-state index contributed by atoms with van der Waals surface area (Å²) in [6.45, 7) is 2.44. The Morgan fingerprint density at radius 2 is 1.52 bits per heavy atom. The molecule has 0 radical (unpaired) electrons. The first-order chi connectivity index (χ1) is 14.5. The summed E-state index contributed by atoms with van der Waals surface area (Å²) in [6, 6.07) is 2.32. The van der Waals surface area contributed by atoms with Gasteiger partial charge in [0.15, 0.2) is 5.92 Å². The van der Waals surface area contributed by atoms with Gasteiger partial charge in [-0.1, -0.05) is 19.1 Å². The van der Waals surface area contributed by atoms with E-state index in [1.807, 2.05) is 0 Å². The summed E-state index contributed by atoms with van der Waals surface area (Å²) in [7, 11) is 2.05. The van der Waals surface area contributed by atoms with Crippen LogP contribution in [0, 0.1) is 17.7 Å². The van der Waals surface area contributed by atoms with Crippen molar-refractivity contribution in [2.24, 2.45) is 11.8 Å². The van der Waals surface area contributed by atoms with Crippen LogP contribution in [0.1, 0.15) is 19.4 Å². The molecular weight excluding hydrogens is 415 g/mol. The number of hydrogen-bond acceptors (Lipinski definition) is 7. The molecule has 170 valence electrons. The molecular formula is C20H25FN2O8. The molecule has 0 fully saturated rings. The lowest BCUT2D eigenvalue weighted by Gasteiger charge is -2.27. The summed E-state index contributed by atoms with van der Waals surface area (Å²) in [6.07, 6.45) is -0.0517. The predicted molar refractivity (Wildman–Crippen MR) is 104 cm³/mol. The van der Waals surface area contributed by atoms with Crippen LogP contribution in [0.2, 0.25) is 0 Å². The number of halogens is 1. The summed E-state index contributed by atoms with van der Waals surface area (Å²) in [4.78, 5) is 60.1. The monoisotopic (exact) mass is 440 g/mol. The van der Waals surface area contributed by atoms with Crippen molar-refractivity contribution in [3.63, 3.8) is 0 Å². The first-order valence-corrected chi connectivity index (χ1v) is 9.22. The van der Waals surface area contributed by atoms with Crippen LogP contribution in [0.5, 0.6) is 0 Å². The van der Waals surface area contributed by atoms with E-state index in [0.29, 0.717) is 5.56 Å². The Kier molecular flexibility index (Phi) is 9.58. The summed E-state index contributed by atoms with van der Waals surface area (Å²) in [5.74, 6) is -8.31. The highest BCUT2D eigenvalue weighted by Crippen LogP contribution is 2.20. The van der Waals surface area contributed by atoms with Gasteiger partial charge in [-0.05, 0) is 17.7 Å². The molecule has 11 heteroatoms. The quantitative estimate of drug-likeness (QED) is 0.341. The number of methoxy groups -OCH3 is 2. The van der Waals surface area contributed by atoms with Gasteiger partial charge >= 0.3 is 17.9 Å². The maximum absolute atomic E-state index is 13.1. The third kappa shape index (κ3) is 7.36. The third-order valence-electron chi connectivity index (χ3n) is 4.57. The van der Waals surface area contributed by atoms with Crippen LogP contribution in [-0.4, -0.2) is 61.1 Å². The second-order valence-corrected chi connectivity index (χ2v) is 6.79. The van der Waals surface area contributed by atoms with Crippen molar-refractivity contribution in [2.75, 3.05) is 14.2 Å². The fourth-order valence-corrected chi connectivity index (χ4v) is 2.95. The normalized spacial score (nSPS) is 13.5. The molecule has 0 aliphatic rings. The van der Waals surface area contributed by atoms with E-state index in [9.17, 15) is 33.5 Å². The zero-order valence-electron chi connectivity index (χ0n) is 17.5. The van der Waals surface area contributed by atoms with Gasteiger partial charge < -0.3 is 25.2 Å². The smallest absolute Gasteiger partial charge is 0.326 e. The minimum absolute atomic E-state index is 0.0517. The molecule has 3 N–H and O–H groups in total. The molecule has 2 amide bonds. The minimum atomic E-state index is -1.68. The van der Waals surface area contributed by atoms with Crippen molar-refractivity contribution < 1.29 is 42.9 Å². The summed E-state index contributed by atoms with van der Waals surface area (Å²) in [5.41, 5.74) is 0.511. The van der Waals surface area contributed by atoms with Gasteiger partial charge in [0, 0.05) is 19.3 Å². The van der Waals surface area contributed by atoms with Gasteiger partial charge in [0.2, 0.25) is 11.8 Å². The lowest BCUT2D eigenvalue weighted by molar-refractivity contribution is -0.163. The Labute approximate surface area is 178 Å². The topological polar surface area (TPSA) is 148 Å². The van der Waals surface area contributed by atoms with Crippen LogP contribution < -0.4 is 10.6 Å². The number of carboxylic acid groups (broad SMARTS) is 1. The molecule has 31 heavy (non-hydrogen) atoms. The highest BCUT2D eigenvalue weighted by atomic mass is 19.1. The summed E-state index contributed by atoms with van der Waals surface area (Å²) >= 11 is 0. The van der Waals surface area contributed by atoms with Crippen molar-refractivity contribution in [2.45, 2.75) is 32.4 Å². The number of rotatable bonds is 10. The van der Waals surface area contributed by atoms with Gasteiger partial charge in [-0.15, -0.1) is 0 Å². The first-order valence-electron chi connectivity index (χ1n) is 9.22. The van der Waals surface area contributed by atoms with Gasteiger partial charge in [0.05, 0.1) is 14.2 Å². The minimum Gasteiger partial charge on any atom is -0.480 e. The Morgan fingerprint density at radius 3 is 1.94 bits per heavy atom. The number of esters is 2. The standard InChI is InChI=1S/C20H25FN2O8/c1-10(15(19(28)30-3)20(29)31-4)16(18(26)27)23-17(25)14(22-11(2)24)9-12-5-7-13(21)8-6-12/h5-8,10,14-16H,9H2,1-4H3,(H,22,24)(H,23,25)(H,26,27)/t10-,14-,16-/m1/s1. The van der Waals surface area contributed by atoms with E-state index < -0.39 is 59.5 Å². The number of nitrogens with one attached hydrogen (secondary N) is 2. The number of benzene rings is 1. The summed E-state index contributed by atoms with van der Waals surface area (Å²) < 4.78 is 22.2. The molecule has 0 unspecified atom stereocenters. The van der Waals surface area contributed by atoms with Crippen LogP contribution in [0.4, 0.5) is 4.39 Å². The first kappa shape index (κ1) is 25.5. The van der Waals surface area contributed by atoms with E-state index in [-0.39, 0.29) is 6.42 Å². The van der Waals surface area contributed by atoms with Crippen molar-refractivity contribution in [1.82, 2.24) is 10.6 Å². The SMILES string of the molecule is COC(=O)C(C(=O)OC)[C@@H](C)[C@@H](NC(=O)[C@@H](Cc1ccc(F)cc1)NC(C)=O)C(=O)O. The highest BCUT2D eigenvalue weighted by Gasteiger charge is 2.42. The second kappa shape index (κ2) is 11.6.